The summed E-state index contributed by atoms with van der Waals surface area (Å²) < 4.78 is 0. The highest BCUT2D eigenvalue weighted by Gasteiger charge is 2.37. The Hall–Kier alpha value is -0.610. The van der Waals surface area contributed by atoms with Gasteiger partial charge in [-0.3, -0.25) is 4.79 Å². The fourth-order valence-electron chi connectivity index (χ4n) is 3.27. The van der Waals surface area contributed by atoms with Gasteiger partial charge in [0.25, 0.3) is 0 Å². The highest BCUT2D eigenvalue weighted by atomic mass is 16.1. The van der Waals surface area contributed by atoms with Crippen LogP contribution < -0.4 is 11.1 Å². The van der Waals surface area contributed by atoms with Crippen molar-refractivity contribution < 1.29 is 4.79 Å². The predicted octanol–water partition coefficient (Wildman–Crippen LogP) is 0.572. The Morgan fingerprint density at radius 3 is 2.47 bits per heavy atom. The van der Waals surface area contributed by atoms with Crippen molar-refractivity contribution in [1.29, 1.82) is 0 Å². The molecule has 4 heteroatoms. The van der Waals surface area contributed by atoms with E-state index in [1.807, 2.05) is 14.0 Å². The zero-order valence-electron chi connectivity index (χ0n) is 11.0. The molecule has 17 heavy (non-hydrogen) atoms. The highest BCUT2D eigenvalue weighted by Crippen LogP contribution is 2.37. The maximum Gasteiger partial charge on any atom is 0.237 e. The zero-order chi connectivity index (χ0) is 12.5. The number of hydrogen-bond donors (Lipinski definition) is 2. The first-order chi connectivity index (χ1) is 8.05. The van der Waals surface area contributed by atoms with E-state index in [4.69, 9.17) is 5.73 Å². The van der Waals surface area contributed by atoms with Gasteiger partial charge in [0.05, 0.1) is 5.54 Å². The maximum absolute atomic E-state index is 11.4. The van der Waals surface area contributed by atoms with Crippen molar-refractivity contribution >= 4 is 5.91 Å². The van der Waals surface area contributed by atoms with Gasteiger partial charge in [-0.2, -0.15) is 0 Å². The molecular formula is C13H25N3O. The summed E-state index contributed by atoms with van der Waals surface area (Å²) >= 11 is 0. The van der Waals surface area contributed by atoms with Crippen LogP contribution in [0.1, 0.15) is 32.6 Å². The number of amides is 1. The average Bonchev–Trinajstić information content (AvgIpc) is 2.85. The van der Waals surface area contributed by atoms with E-state index in [1.54, 1.807) is 0 Å². The molecule has 1 aliphatic carbocycles. The van der Waals surface area contributed by atoms with Gasteiger partial charge in [0.1, 0.15) is 0 Å². The van der Waals surface area contributed by atoms with Crippen molar-refractivity contribution in [2.75, 3.05) is 26.7 Å². The minimum absolute atomic E-state index is 0.251. The molecule has 3 N–H and O–H groups in total. The third-order valence-corrected chi connectivity index (χ3v) is 4.83. The van der Waals surface area contributed by atoms with E-state index < -0.39 is 5.54 Å². The molecule has 1 aliphatic heterocycles. The van der Waals surface area contributed by atoms with Crippen molar-refractivity contribution in [1.82, 2.24) is 10.2 Å². The number of carbonyl (C=O) groups is 1. The lowest BCUT2D eigenvalue weighted by Gasteiger charge is -2.28. The third-order valence-electron chi connectivity index (χ3n) is 4.83. The number of nitrogens with two attached hydrogens (primary N) is 1. The first-order valence-electron chi connectivity index (χ1n) is 6.76. The number of carbonyl (C=O) groups excluding carboxylic acids is 1. The molecule has 2 fully saturated rings. The first kappa shape index (κ1) is 12.8. The van der Waals surface area contributed by atoms with Crippen molar-refractivity contribution in [3.8, 4) is 0 Å². The van der Waals surface area contributed by atoms with Gasteiger partial charge in [-0.05, 0) is 45.1 Å². The van der Waals surface area contributed by atoms with Crippen LogP contribution in [0.2, 0.25) is 0 Å². The van der Waals surface area contributed by atoms with Crippen molar-refractivity contribution in [2.45, 2.75) is 38.1 Å². The van der Waals surface area contributed by atoms with E-state index in [0.717, 1.165) is 24.8 Å². The van der Waals surface area contributed by atoms with Crippen LogP contribution in [0, 0.1) is 11.8 Å². The second-order valence-corrected chi connectivity index (χ2v) is 5.91. The normalized spacial score (nSPS) is 32.4. The fourth-order valence-corrected chi connectivity index (χ4v) is 3.27. The standard InChI is InChI=1S/C13H25N3O/c1-13(15-2,12(14)17)6-7-16-8-10-4-3-5-11(10)9-16/h10-11,15H,3-9H2,1-2H3,(H2,14,17). The van der Waals surface area contributed by atoms with E-state index in [9.17, 15) is 4.79 Å². The molecule has 0 spiro atoms. The summed E-state index contributed by atoms with van der Waals surface area (Å²) in [6, 6.07) is 0. The van der Waals surface area contributed by atoms with Gasteiger partial charge in [-0.25, -0.2) is 0 Å². The molecule has 0 radical (unpaired) electrons. The number of primary amides is 1. The second-order valence-electron chi connectivity index (χ2n) is 5.91. The Morgan fingerprint density at radius 1 is 1.41 bits per heavy atom. The molecule has 2 aliphatic rings. The Kier molecular flexibility index (Phi) is 3.73. The monoisotopic (exact) mass is 239 g/mol. The quantitative estimate of drug-likeness (QED) is 0.737. The molecule has 3 atom stereocenters. The van der Waals surface area contributed by atoms with Gasteiger partial charge in [0.15, 0.2) is 0 Å². The molecule has 98 valence electrons. The summed E-state index contributed by atoms with van der Waals surface area (Å²) in [4.78, 5) is 13.9. The molecule has 4 nitrogen and oxygen atoms in total. The number of nitrogens with zero attached hydrogens (tertiary/aromatic N) is 1. The Morgan fingerprint density at radius 2 is 2.00 bits per heavy atom. The van der Waals surface area contributed by atoms with E-state index >= 15 is 0 Å². The summed E-state index contributed by atoms with van der Waals surface area (Å²) in [5, 5.41) is 3.05. The van der Waals surface area contributed by atoms with E-state index in [2.05, 4.69) is 10.2 Å². The molecule has 2 rings (SSSR count). The third kappa shape index (κ3) is 2.63. The number of likely N-dealkylation sites (tertiary alicyclic amines) is 1. The molecule has 0 bridgehead atoms. The Labute approximate surface area is 104 Å². The summed E-state index contributed by atoms with van der Waals surface area (Å²) in [6.45, 7) is 5.33. The largest absolute Gasteiger partial charge is 0.368 e. The predicted molar refractivity (Wildman–Crippen MR) is 68.5 cm³/mol. The van der Waals surface area contributed by atoms with Crippen LogP contribution in [0.25, 0.3) is 0 Å². The lowest BCUT2D eigenvalue weighted by Crippen LogP contribution is -2.53. The van der Waals surface area contributed by atoms with Crippen molar-refractivity contribution in [3.63, 3.8) is 0 Å². The number of hydrogen-bond acceptors (Lipinski definition) is 3. The molecule has 1 heterocycles. The lowest BCUT2D eigenvalue weighted by molar-refractivity contribution is -0.124. The number of fused-ring (bicyclic) bond motifs is 1. The summed E-state index contributed by atoms with van der Waals surface area (Å²) in [6.07, 6.45) is 5.03. The molecule has 0 aromatic rings. The smallest absolute Gasteiger partial charge is 0.237 e. The topological polar surface area (TPSA) is 58.4 Å². The summed E-state index contributed by atoms with van der Waals surface area (Å²) in [7, 11) is 1.81. The lowest BCUT2D eigenvalue weighted by atomic mass is 9.97. The van der Waals surface area contributed by atoms with Crippen LogP contribution >= 0.6 is 0 Å². The number of rotatable bonds is 5. The van der Waals surface area contributed by atoms with E-state index in [0.29, 0.717) is 0 Å². The van der Waals surface area contributed by atoms with Crippen LogP contribution in [0.5, 0.6) is 0 Å². The van der Waals surface area contributed by atoms with Gasteiger partial charge in [0.2, 0.25) is 5.91 Å². The van der Waals surface area contributed by atoms with Crippen LogP contribution in [0.4, 0.5) is 0 Å². The Bertz CT molecular complexity index is 282. The minimum Gasteiger partial charge on any atom is -0.368 e. The average molecular weight is 239 g/mol. The molecule has 0 aromatic carbocycles. The molecule has 0 aromatic heterocycles. The van der Waals surface area contributed by atoms with Crippen LogP contribution in [-0.4, -0.2) is 43.0 Å². The molecule has 1 saturated carbocycles. The van der Waals surface area contributed by atoms with Crippen LogP contribution in [-0.2, 0) is 4.79 Å². The number of nitrogens with one attached hydrogen (secondary N) is 1. The molecule has 1 saturated heterocycles. The van der Waals surface area contributed by atoms with E-state index in [1.165, 1.54) is 32.4 Å². The minimum atomic E-state index is -0.558. The Balaban J connectivity index is 1.81. The fraction of sp³-hybridized carbons (Fsp3) is 0.923. The first-order valence-corrected chi connectivity index (χ1v) is 6.76. The van der Waals surface area contributed by atoms with Gasteiger partial charge >= 0.3 is 0 Å². The molecular weight excluding hydrogens is 214 g/mol. The van der Waals surface area contributed by atoms with Crippen LogP contribution in [0.3, 0.4) is 0 Å². The summed E-state index contributed by atoms with van der Waals surface area (Å²) in [5.41, 5.74) is 4.88. The SMILES string of the molecule is CNC(C)(CCN1CC2CCCC2C1)C(N)=O. The van der Waals surface area contributed by atoms with Crippen molar-refractivity contribution in [3.05, 3.63) is 0 Å². The highest BCUT2D eigenvalue weighted by molar-refractivity contribution is 5.84. The van der Waals surface area contributed by atoms with Crippen molar-refractivity contribution in [2.24, 2.45) is 17.6 Å². The van der Waals surface area contributed by atoms with E-state index in [-0.39, 0.29) is 5.91 Å². The maximum atomic E-state index is 11.4. The summed E-state index contributed by atoms with van der Waals surface area (Å²) in [5.74, 6) is 1.59. The van der Waals surface area contributed by atoms with Crippen LogP contribution in [0.15, 0.2) is 0 Å². The van der Waals surface area contributed by atoms with Gasteiger partial charge in [-0.15, -0.1) is 0 Å². The van der Waals surface area contributed by atoms with Gasteiger partial charge < -0.3 is 16.0 Å². The second kappa shape index (κ2) is 4.94. The van der Waals surface area contributed by atoms with Gasteiger partial charge in [-0.1, -0.05) is 6.42 Å². The number of likely N-dealkylation sites (N-methyl/N-ethyl adjacent to an activating group) is 1. The zero-order valence-corrected chi connectivity index (χ0v) is 11.0. The van der Waals surface area contributed by atoms with Gasteiger partial charge in [0, 0.05) is 19.6 Å². The molecule has 1 amide bonds. The molecule has 3 unspecified atom stereocenters.